The van der Waals surface area contributed by atoms with Gasteiger partial charge in [-0.2, -0.15) is 13.2 Å². The molecule has 2 rings (SSSR count). The van der Waals surface area contributed by atoms with E-state index >= 15 is 0 Å². The number of aromatic nitrogens is 2. The lowest BCUT2D eigenvalue weighted by atomic mass is 10.1. The minimum Gasteiger partial charge on any atom is -0.506 e. The molecule has 21 heavy (non-hydrogen) atoms. The minimum atomic E-state index is -4.71. The van der Waals surface area contributed by atoms with Crippen LogP contribution in [0.5, 0.6) is 5.75 Å². The van der Waals surface area contributed by atoms with E-state index in [1.165, 1.54) is 12.4 Å². The molecule has 1 aromatic carbocycles. The van der Waals surface area contributed by atoms with Gasteiger partial charge in [0.05, 0.1) is 22.5 Å². The number of halogens is 4. The fourth-order valence-corrected chi connectivity index (χ4v) is 1.75. The van der Waals surface area contributed by atoms with Crippen LogP contribution in [0, 0.1) is 0 Å². The molecule has 0 fully saturated rings. The van der Waals surface area contributed by atoms with E-state index in [1.54, 1.807) is 0 Å². The third-order valence-electron chi connectivity index (χ3n) is 2.43. The highest BCUT2D eigenvalue weighted by Crippen LogP contribution is 2.39. The molecule has 0 radical (unpaired) electrons. The van der Waals surface area contributed by atoms with Crippen molar-refractivity contribution in [1.82, 2.24) is 9.97 Å². The molecule has 110 valence electrons. The summed E-state index contributed by atoms with van der Waals surface area (Å²) in [6.07, 6.45) is -0.919. The maximum absolute atomic E-state index is 12.6. The lowest BCUT2D eigenvalue weighted by Crippen LogP contribution is -2.14. The molecule has 0 aliphatic carbocycles. The largest absolute Gasteiger partial charge is 0.506 e. The molecule has 2 N–H and O–H groups in total. The van der Waals surface area contributed by atoms with Crippen LogP contribution in [0.15, 0.2) is 30.7 Å². The first-order chi connectivity index (χ1) is 9.79. The number of hydrogen-bond donors (Lipinski definition) is 2. The van der Waals surface area contributed by atoms with Crippen LogP contribution in [0.2, 0.25) is 5.02 Å². The Morgan fingerprint density at radius 1 is 1.29 bits per heavy atom. The van der Waals surface area contributed by atoms with Gasteiger partial charge in [0.2, 0.25) is 0 Å². The van der Waals surface area contributed by atoms with Gasteiger partial charge >= 0.3 is 6.18 Å². The highest BCUT2D eigenvalue weighted by molar-refractivity contribution is 6.32. The van der Waals surface area contributed by atoms with Crippen LogP contribution in [0.3, 0.4) is 0 Å². The van der Waals surface area contributed by atoms with E-state index in [9.17, 15) is 23.1 Å². The number of nitrogens with one attached hydrogen (secondary N) is 1. The second kappa shape index (κ2) is 5.57. The van der Waals surface area contributed by atoms with Gasteiger partial charge in [-0.1, -0.05) is 11.6 Å². The molecule has 0 aliphatic heterocycles. The van der Waals surface area contributed by atoms with E-state index in [0.29, 0.717) is 6.07 Å². The predicted octanol–water partition coefficient (Wildman–Crippen LogP) is 3.11. The van der Waals surface area contributed by atoms with Gasteiger partial charge in [-0.05, 0) is 12.1 Å². The van der Waals surface area contributed by atoms with Crippen molar-refractivity contribution in [3.8, 4) is 5.75 Å². The van der Waals surface area contributed by atoms with Crippen LogP contribution in [0.25, 0.3) is 0 Å². The topological polar surface area (TPSA) is 75.1 Å². The van der Waals surface area contributed by atoms with Gasteiger partial charge < -0.3 is 10.4 Å². The Bertz CT molecular complexity index is 677. The first-order valence-electron chi connectivity index (χ1n) is 5.46. The fraction of sp³-hybridized carbons (Fsp3) is 0.0833. The summed E-state index contributed by atoms with van der Waals surface area (Å²) in [5.41, 5.74) is -1.52. The van der Waals surface area contributed by atoms with Gasteiger partial charge in [0.25, 0.3) is 5.91 Å². The molecule has 2 aromatic rings. The second-order valence-electron chi connectivity index (χ2n) is 3.89. The Labute approximate surface area is 121 Å². The number of benzene rings is 1. The SMILES string of the molecule is O=C(Nc1cc(Cl)c(C(F)(F)F)cc1O)c1cnccn1. The summed E-state index contributed by atoms with van der Waals surface area (Å²) >= 11 is 5.51. The maximum Gasteiger partial charge on any atom is 0.417 e. The molecular formula is C12H7ClF3N3O2. The van der Waals surface area contributed by atoms with Crippen molar-refractivity contribution in [2.75, 3.05) is 5.32 Å². The van der Waals surface area contributed by atoms with Crippen LogP contribution < -0.4 is 5.32 Å². The highest BCUT2D eigenvalue weighted by atomic mass is 35.5. The van der Waals surface area contributed by atoms with Crippen molar-refractivity contribution in [3.63, 3.8) is 0 Å². The Morgan fingerprint density at radius 2 is 2.00 bits per heavy atom. The van der Waals surface area contributed by atoms with E-state index < -0.39 is 28.4 Å². The van der Waals surface area contributed by atoms with E-state index in [-0.39, 0.29) is 11.4 Å². The molecule has 9 heteroatoms. The lowest BCUT2D eigenvalue weighted by molar-refractivity contribution is -0.137. The molecule has 1 aromatic heterocycles. The van der Waals surface area contributed by atoms with Crippen molar-refractivity contribution in [2.24, 2.45) is 0 Å². The normalized spacial score (nSPS) is 11.2. The Morgan fingerprint density at radius 3 is 2.57 bits per heavy atom. The summed E-state index contributed by atoms with van der Waals surface area (Å²) in [5, 5.41) is 11.1. The van der Waals surface area contributed by atoms with Gasteiger partial charge in [-0.3, -0.25) is 9.78 Å². The van der Waals surface area contributed by atoms with Crippen molar-refractivity contribution >= 4 is 23.2 Å². The van der Waals surface area contributed by atoms with Gasteiger partial charge in [-0.25, -0.2) is 4.98 Å². The summed E-state index contributed by atoms with van der Waals surface area (Å²) in [5.74, 6) is -1.50. The number of rotatable bonds is 2. The maximum atomic E-state index is 12.6. The standard InChI is InChI=1S/C12H7ClF3N3O2/c13-7-4-8(10(20)3-6(7)12(14,15)16)19-11(21)9-5-17-1-2-18-9/h1-5,20H,(H,19,21). The second-order valence-corrected chi connectivity index (χ2v) is 4.30. The van der Waals surface area contributed by atoms with E-state index in [0.717, 1.165) is 12.3 Å². The summed E-state index contributed by atoms with van der Waals surface area (Å²) in [7, 11) is 0. The number of aromatic hydroxyl groups is 1. The molecule has 0 bridgehead atoms. The van der Waals surface area contributed by atoms with E-state index in [4.69, 9.17) is 11.6 Å². The predicted molar refractivity (Wildman–Crippen MR) is 68.1 cm³/mol. The van der Waals surface area contributed by atoms with Gasteiger partial charge in [-0.15, -0.1) is 0 Å². The van der Waals surface area contributed by atoms with Crippen LogP contribution in [0.1, 0.15) is 16.1 Å². The van der Waals surface area contributed by atoms with Gasteiger partial charge in [0, 0.05) is 12.4 Å². The van der Waals surface area contributed by atoms with Crippen molar-refractivity contribution in [2.45, 2.75) is 6.18 Å². The van der Waals surface area contributed by atoms with Crippen LogP contribution in [-0.2, 0) is 6.18 Å². The van der Waals surface area contributed by atoms with Crippen LogP contribution in [0.4, 0.5) is 18.9 Å². The molecule has 0 spiro atoms. The quantitative estimate of drug-likeness (QED) is 0.835. The fourth-order valence-electron chi connectivity index (χ4n) is 1.48. The number of carbonyl (C=O) groups is 1. The molecule has 0 atom stereocenters. The molecule has 0 unspecified atom stereocenters. The number of phenols is 1. The average molecular weight is 318 g/mol. The Balaban J connectivity index is 2.30. The number of amides is 1. The highest BCUT2D eigenvalue weighted by Gasteiger charge is 2.34. The molecule has 0 aliphatic rings. The molecule has 1 heterocycles. The smallest absolute Gasteiger partial charge is 0.417 e. The molecule has 1 amide bonds. The zero-order chi connectivity index (χ0) is 15.6. The first kappa shape index (κ1) is 15.0. The summed E-state index contributed by atoms with van der Waals surface area (Å²) < 4.78 is 37.8. The van der Waals surface area contributed by atoms with Crippen molar-refractivity contribution in [3.05, 3.63) is 47.0 Å². The molecule has 0 saturated heterocycles. The number of nitrogens with zero attached hydrogens (tertiary/aromatic N) is 2. The van der Waals surface area contributed by atoms with Crippen molar-refractivity contribution in [1.29, 1.82) is 0 Å². The zero-order valence-electron chi connectivity index (χ0n) is 10.1. The van der Waals surface area contributed by atoms with Crippen molar-refractivity contribution < 1.29 is 23.1 Å². The zero-order valence-corrected chi connectivity index (χ0v) is 10.9. The molecule has 0 saturated carbocycles. The number of hydrogen-bond acceptors (Lipinski definition) is 4. The third-order valence-corrected chi connectivity index (χ3v) is 2.75. The number of anilines is 1. The molecular weight excluding hydrogens is 311 g/mol. The first-order valence-corrected chi connectivity index (χ1v) is 5.84. The third kappa shape index (κ3) is 3.40. The van der Waals surface area contributed by atoms with E-state index in [1.807, 2.05) is 0 Å². The number of carbonyl (C=O) groups excluding carboxylic acids is 1. The lowest BCUT2D eigenvalue weighted by Gasteiger charge is -2.12. The van der Waals surface area contributed by atoms with Crippen LogP contribution in [-0.4, -0.2) is 21.0 Å². The summed E-state index contributed by atoms with van der Waals surface area (Å²) in [4.78, 5) is 19.2. The minimum absolute atomic E-state index is 0.0621. The summed E-state index contributed by atoms with van der Waals surface area (Å²) in [6, 6.07) is 1.25. The Hall–Kier alpha value is -2.35. The Kier molecular flexibility index (Phi) is 3.99. The van der Waals surface area contributed by atoms with Crippen LogP contribution >= 0.6 is 11.6 Å². The van der Waals surface area contributed by atoms with E-state index in [2.05, 4.69) is 15.3 Å². The van der Waals surface area contributed by atoms with Gasteiger partial charge in [0.15, 0.2) is 0 Å². The average Bonchev–Trinajstić information content (AvgIpc) is 2.42. The summed E-state index contributed by atoms with van der Waals surface area (Å²) in [6.45, 7) is 0. The monoisotopic (exact) mass is 317 g/mol. The van der Waals surface area contributed by atoms with Gasteiger partial charge in [0.1, 0.15) is 11.4 Å². The number of alkyl halides is 3. The number of phenolic OH excluding ortho intramolecular Hbond substituents is 1. The molecule has 5 nitrogen and oxygen atoms in total.